The van der Waals surface area contributed by atoms with Gasteiger partial charge >= 0.3 is 80.9 Å². The molecule has 0 N–H and O–H groups in total. The SMILES string of the molecule is CCCC=NCCCC[I-]C. The molecule has 0 saturated heterocycles. The van der Waals surface area contributed by atoms with Crippen LogP contribution in [0.15, 0.2) is 4.99 Å². The fraction of sp³-hybridized carbons (Fsp3) is 0.889. The summed E-state index contributed by atoms with van der Waals surface area (Å²) >= 11 is 0.526. The number of hydrogen-bond donors (Lipinski definition) is 0. The minimum absolute atomic E-state index is 0.526. The molecule has 0 heterocycles. The molecule has 0 spiro atoms. The van der Waals surface area contributed by atoms with Crippen molar-refractivity contribution in [3.05, 3.63) is 0 Å². The van der Waals surface area contributed by atoms with Gasteiger partial charge in [-0.05, 0) is 0 Å². The van der Waals surface area contributed by atoms with Crippen molar-refractivity contribution >= 4 is 6.21 Å². The van der Waals surface area contributed by atoms with Crippen molar-refractivity contribution in [3.8, 4) is 0 Å². The number of aliphatic imine (C=N–C) groups is 1. The standard InChI is InChI=1S/C9H19IN/c1-3-4-8-11-9-6-5-7-10-2/h8H,3-7,9H2,1-2H3/q-1. The second kappa shape index (κ2) is 10.4. The predicted octanol–water partition coefficient (Wildman–Crippen LogP) is -0.644. The molecule has 0 aliphatic rings. The number of alkyl halides is 2. The monoisotopic (exact) mass is 268 g/mol. The molecule has 0 saturated carbocycles. The van der Waals surface area contributed by atoms with Crippen LogP contribution < -0.4 is 21.2 Å². The second-order valence-electron chi connectivity index (χ2n) is 2.54. The second-order valence-corrected chi connectivity index (χ2v) is 5.15. The molecular weight excluding hydrogens is 249 g/mol. The summed E-state index contributed by atoms with van der Waals surface area (Å²) in [5.74, 6) is 0. The molecule has 0 unspecified atom stereocenters. The van der Waals surface area contributed by atoms with Gasteiger partial charge in [0.05, 0.1) is 0 Å². The molecule has 0 atom stereocenters. The van der Waals surface area contributed by atoms with Crippen LogP contribution in [0.2, 0.25) is 0 Å². The Bertz CT molecular complexity index is 91.6. The van der Waals surface area contributed by atoms with Crippen molar-refractivity contribution in [3.63, 3.8) is 0 Å². The molecule has 0 rings (SSSR count). The molecule has 0 fully saturated rings. The van der Waals surface area contributed by atoms with Gasteiger partial charge in [0.1, 0.15) is 0 Å². The zero-order valence-corrected chi connectivity index (χ0v) is 9.80. The average Bonchev–Trinajstić information content (AvgIpc) is 2.03. The van der Waals surface area contributed by atoms with Gasteiger partial charge in [-0.2, -0.15) is 0 Å². The van der Waals surface area contributed by atoms with Crippen molar-refractivity contribution in [1.82, 2.24) is 0 Å². The maximum atomic E-state index is 4.32. The quantitative estimate of drug-likeness (QED) is 0.252. The molecular formula is C9H19IN-. The van der Waals surface area contributed by atoms with Gasteiger partial charge < -0.3 is 0 Å². The third-order valence-corrected chi connectivity index (χ3v) is 3.25. The Labute approximate surface area is 80.9 Å². The Hall–Kier alpha value is 0.400. The van der Waals surface area contributed by atoms with E-state index in [1.165, 1.54) is 23.7 Å². The molecule has 0 aliphatic heterocycles. The van der Waals surface area contributed by atoms with E-state index in [2.05, 4.69) is 23.1 Å². The number of hydrogen-bond acceptors (Lipinski definition) is 1. The first-order valence-corrected chi connectivity index (χ1v) is 8.02. The van der Waals surface area contributed by atoms with Crippen LogP contribution >= 0.6 is 0 Å². The third kappa shape index (κ3) is 10.4. The molecule has 68 valence electrons. The normalized spacial score (nSPS) is 11.5. The summed E-state index contributed by atoms with van der Waals surface area (Å²) in [6.07, 6.45) is 7.15. The predicted molar refractivity (Wildman–Crippen MR) is 48.3 cm³/mol. The first-order chi connectivity index (χ1) is 5.41. The molecule has 0 aromatic carbocycles. The topological polar surface area (TPSA) is 12.4 Å². The number of nitrogens with zero attached hydrogens (tertiary/aromatic N) is 1. The van der Waals surface area contributed by atoms with Crippen LogP contribution in [0.1, 0.15) is 32.6 Å². The Balaban J connectivity index is 2.89. The van der Waals surface area contributed by atoms with Crippen molar-refractivity contribution in [2.45, 2.75) is 32.6 Å². The van der Waals surface area contributed by atoms with Gasteiger partial charge in [-0.1, -0.05) is 0 Å². The van der Waals surface area contributed by atoms with E-state index in [9.17, 15) is 0 Å². The number of rotatable bonds is 7. The van der Waals surface area contributed by atoms with Crippen LogP contribution in [0, 0.1) is 0 Å². The van der Waals surface area contributed by atoms with Gasteiger partial charge in [-0.3, -0.25) is 0 Å². The van der Waals surface area contributed by atoms with E-state index in [1.807, 2.05) is 0 Å². The summed E-state index contributed by atoms with van der Waals surface area (Å²) in [7, 11) is 0. The van der Waals surface area contributed by atoms with Crippen LogP contribution in [0.25, 0.3) is 0 Å². The van der Waals surface area contributed by atoms with Gasteiger partial charge in [0, 0.05) is 0 Å². The Kier molecular flexibility index (Phi) is 10.8. The Morgan fingerprint density at radius 2 is 2.18 bits per heavy atom. The van der Waals surface area contributed by atoms with Gasteiger partial charge in [0.25, 0.3) is 0 Å². The van der Waals surface area contributed by atoms with Gasteiger partial charge in [0.2, 0.25) is 0 Å². The summed E-state index contributed by atoms with van der Waals surface area (Å²) in [4.78, 5) is 6.67. The molecule has 0 amide bonds. The molecule has 0 aliphatic carbocycles. The average molecular weight is 268 g/mol. The van der Waals surface area contributed by atoms with E-state index in [4.69, 9.17) is 0 Å². The summed E-state index contributed by atoms with van der Waals surface area (Å²) in [5.41, 5.74) is 0. The fourth-order valence-corrected chi connectivity index (χ4v) is 2.05. The van der Waals surface area contributed by atoms with Gasteiger partial charge in [-0.25, -0.2) is 0 Å². The summed E-state index contributed by atoms with van der Waals surface area (Å²) in [5, 5.41) is 0. The van der Waals surface area contributed by atoms with Crippen molar-refractivity contribution < 1.29 is 21.2 Å². The van der Waals surface area contributed by atoms with E-state index in [0.29, 0.717) is 21.2 Å². The Morgan fingerprint density at radius 1 is 1.36 bits per heavy atom. The summed E-state index contributed by atoms with van der Waals surface area (Å²) in [6.45, 7) is 3.25. The molecule has 0 aromatic rings. The van der Waals surface area contributed by atoms with Crippen LogP contribution in [-0.4, -0.2) is 22.1 Å². The first kappa shape index (κ1) is 11.4. The van der Waals surface area contributed by atoms with Crippen LogP contribution in [-0.2, 0) is 0 Å². The molecule has 2 heteroatoms. The van der Waals surface area contributed by atoms with Crippen LogP contribution in [0.3, 0.4) is 0 Å². The number of halogens is 1. The minimum atomic E-state index is 0.526. The zero-order valence-electron chi connectivity index (χ0n) is 7.65. The molecule has 11 heavy (non-hydrogen) atoms. The fourth-order valence-electron chi connectivity index (χ4n) is 0.743. The summed E-state index contributed by atoms with van der Waals surface area (Å²) < 4.78 is 1.47. The molecule has 0 radical (unpaired) electrons. The molecule has 0 bridgehead atoms. The van der Waals surface area contributed by atoms with E-state index < -0.39 is 0 Å². The van der Waals surface area contributed by atoms with Crippen LogP contribution in [0.4, 0.5) is 0 Å². The van der Waals surface area contributed by atoms with Crippen molar-refractivity contribution in [2.75, 3.05) is 15.9 Å². The maximum absolute atomic E-state index is 4.32. The summed E-state index contributed by atoms with van der Waals surface area (Å²) in [6, 6.07) is 0. The van der Waals surface area contributed by atoms with Crippen molar-refractivity contribution in [1.29, 1.82) is 0 Å². The van der Waals surface area contributed by atoms with Crippen molar-refractivity contribution in [2.24, 2.45) is 4.99 Å². The Morgan fingerprint density at radius 3 is 2.82 bits per heavy atom. The third-order valence-electron chi connectivity index (χ3n) is 1.41. The molecule has 1 nitrogen and oxygen atoms in total. The van der Waals surface area contributed by atoms with E-state index in [1.54, 1.807) is 0 Å². The first-order valence-electron chi connectivity index (χ1n) is 4.34. The van der Waals surface area contributed by atoms with Crippen LogP contribution in [0.5, 0.6) is 0 Å². The zero-order chi connectivity index (χ0) is 8.36. The van der Waals surface area contributed by atoms with Gasteiger partial charge in [0.15, 0.2) is 0 Å². The van der Waals surface area contributed by atoms with E-state index >= 15 is 0 Å². The van der Waals surface area contributed by atoms with E-state index in [-0.39, 0.29) is 0 Å². The van der Waals surface area contributed by atoms with E-state index in [0.717, 1.165) is 13.0 Å². The van der Waals surface area contributed by atoms with Gasteiger partial charge in [-0.15, -0.1) is 0 Å². The number of unbranched alkanes of at least 4 members (excludes halogenated alkanes) is 2. The molecule has 0 aromatic heterocycles.